The Morgan fingerprint density at radius 1 is 0.914 bits per heavy atom. The minimum absolute atomic E-state index is 0.106. The number of hydrogen-bond acceptors (Lipinski definition) is 6. The molecule has 9 heteroatoms. The van der Waals surface area contributed by atoms with E-state index in [0.717, 1.165) is 10.5 Å². The summed E-state index contributed by atoms with van der Waals surface area (Å²) < 4.78 is 10.5. The zero-order valence-electron chi connectivity index (χ0n) is 19.2. The van der Waals surface area contributed by atoms with E-state index in [1.54, 1.807) is 36.4 Å². The van der Waals surface area contributed by atoms with Crippen LogP contribution in [0.4, 0.5) is 17.1 Å². The predicted octanol–water partition coefficient (Wildman–Crippen LogP) is 4.70. The molecule has 0 unspecified atom stereocenters. The van der Waals surface area contributed by atoms with Gasteiger partial charge in [-0.2, -0.15) is 0 Å². The number of carbonyl (C=O) groups excluding carboxylic acids is 3. The molecule has 35 heavy (non-hydrogen) atoms. The maximum Gasteiger partial charge on any atom is 0.283 e. The molecule has 3 aromatic rings. The molecule has 2 N–H and O–H groups in total. The molecule has 0 fully saturated rings. The van der Waals surface area contributed by atoms with Gasteiger partial charge in [-0.1, -0.05) is 35.9 Å². The highest BCUT2D eigenvalue weighted by Gasteiger charge is 2.40. The minimum Gasteiger partial charge on any atom is -0.497 e. The number of para-hydroxylation sites is 1. The SMILES string of the molecule is COc1ccc(N2C(=O)C(Cl)=C(Nc3cccc(C(=O)Nc4ccccc4C)c3)C2=O)c(OC)c1. The first kappa shape index (κ1) is 23.8. The third-order valence-corrected chi connectivity index (χ3v) is 5.79. The van der Waals surface area contributed by atoms with Gasteiger partial charge in [0.05, 0.1) is 19.9 Å². The summed E-state index contributed by atoms with van der Waals surface area (Å²) in [5.41, 5.74) is 2.52. The number of halogens is 1. The van der Waals surface area contributed by atoms with Crippen molar-refractivity contribution in [3.05, 3.63) is 88.6 Å². The van der Waals surface area contributed by atoms with E-state index in [9.17, 15) is 14.4 Å². The first-order chi connectivity index (χ1) is 16.8. The zero-order chi connectivity index (χ0) is 25.1. The van der Waals surface area contributed by atoms with Crippen LogP contribution in [0.25, 0.3) is 0 Å². The van der Waals surface area contributed by atoms with E-state index >= 15 is 0 Å². The Morgan fingerprint density at radius 3 is 2.40 bits per heavy atom. The molecule has 0 spiro atoms. The molecule has 1 aliphatic rings. The normalized spacial score (nSPS) is 13.2. The fraction of sp³-hybridized carbons (Fsp3) is 0.115. The van der Waals surface area contributed by atoms with Gasteiger partial charge in [0.2, 0.25) is 0 Å². The van der Waals surface area contributed by atoms with E-state index < -0.39 is 11.8 Å². The van der Waals surface area contributed by atoms with Crippen molar-refractivity contribution in [1.29, 1.82) is 0 Å². The Labute approximate surface area is 207 Å². The molecule has 1 heterocycles. The summed E-state index contributed by atoms with van der Waals surface area (Å²) in [5.74, 6) is -0.898. The van der Waals surface area contributed by atoms with E-state index in [4.69, 9.17) is 21.1 Å². The second-order valence-electron chi connectivity index (χ2n) is 7.65. The lowest BCUT2D eigenvalue weighted by Crippen LogP contribution is -2.32. The summed E-state index contributed by atoms with van der Waals surface area (Å²) in [5, 5.41) is 5.48. The molecule has 0 atom stereocenters. The third-order valence-electron chi connectivity index (χ3n) is 5.44. The van der Waals surface area contributed by atoms with Gasteiger partial charge in [0.15, 0.2) is 0 Å². The summed E-state index contributed by atoms with van der Waals surface area (Å²) in [6, 6.07) is 18.7. The van der Waals surface area contributed by atoms with Crippen molar-refractivity contribution in [1.82, 2.24) is 0 Å². The van der Waals surface area contributed by atoms with E-state index in [2.05, 4.69) is 10.6 Å². The highest BCUT2D eigenvalue weighted by molar-refractivity contribution is 6.53. The number of amides is 3. The van der Waals surface area contributed by atoms with Crippen LogP contribution in [0.15, 0.2) is 77.5 Å². The number of benzene rings is 3. The average Bonchev–Trinajstić information content (AvgIpc) is 3.08. The first-order valence-electron chi connectivity index (χ1n) is 10.6. The Hall–Kier alpha value is -4.30. The highest BCUT2D eigenvalue weighted by atomic mass is 35.5. The second kappa shape index (κ2) is 9.90. The van der Waals surface area contributed by atoms with E-state index in [1.165, 1.54) is 20.3 Å². The number of methoxy groups -OCH3 is 2. The van der Waals surface area contributed by atoms with Crippen LogP contribution in [0, 0.1) is 6.92 Å². The Kier molecular flexibility index (Phi) is 6.75. The summed E-state index contributed by atoms with van der Waals surface area (Å²) in [6.07, 6.45) is 0. The molecule has 1 aliphatic heterocycles. The largest absolute Gasteiger partial charge is 0.497 e. The van der Waals surface area contributed by atoms with Gasteiger partial charge in [0, 0.05) is 23.0 Å². The molecule has 3 amide bonds. The molecule has 4 rings (SSSR count). The monoisotopic (exact) mass is 491 g/mol. The molecule has 0 bridgehead atoms. The van der Waals surface area contributed by atoms with Gasteiger partial charge >= 0.3 is 0 Å². The Balaban J connectivity index is 1.57. The predicted molar refractivity (Wildman–Crippen MR) is 134 cm³/mol. The fourth-order valence-corrected chi connectivity index (χ4v) is 3.80. The lowest BCUT2D eigenvalue weighted by molar-refractivity contribution is -0.120. The van der Waals surface area contributed by atoms with Gasteiger partial charge in [0.1, 0.15) is 22.2 Å². The van der Waals surface area contributed by atoms with E-state index in [1.807, 2.05) is 31.2 Å². The van der Waals surface area contributed by atoms with Crippen LogP contribution in [0.3, 0.4) is 0 Å². The number of nitrogens with one attached hydrogen (secondary N) is 2. The first-order valence-corrected chi connectivity index (χ1v) is 11.0. The lowest BCUT2D eigenvalue weighted by Gasteiger charge is -2.18. The Bertz CT molecular complexity index is 1370. The maximum absolute atomic E-state index is 13.2. The van der Waals surface area contributed by atoms with E-state index in [-0.39, 0.29) is 28.1 Å². The minimum atomic E-state index is -0.698. The average molecular weight is 492 g/mol. The molecule has 3 aromatic carbocycles. The maximum atomic E-state index is 13.2. The smallest absolute Gasteiger partial charge is 0.283 e. The van der Waals surface area contributed by atoms with Gasteiger partial charge in [0.25, 0.3) is 17.7 Å². The van der Waals surface area contributed by atoms with Crippen molar-refractivity contribution < 1.29 is 23.9 Å². The quantitative estimate of drug-likeness (QED) is 0.465. The van der Waals surface area contributed by atoms with Crippen LogP contribution in [0.5, 0.6) is 11.5 Å². The lowest BCUT2D eigenvalue weighted by atomic mass is 10.1. The third kappa shape index (κ3) is 4.69. The van der Waals surface area contributed by atoms with Crippen LogP contribution in [0.2, 0.25) is 0 Å². The molecular formula is C26H22ClN3O5. The summed E-state index contributed by atoms with van der Waals surface area (Å²) in [4.78, 5) is 39.8. The second-order valence-corrected chi connectivity index (χ2v) is 8.03. The summed E-state index contributed by atoms with van der Waals surface area (Å²) >= 11 is 6.26. The van der Waals surface area contributed by atoms with Crippen LogP contribution >= 0.6 is 11.6 Å². The van der Waals surface area contributed by atoms with Gasteiger partial charge in [-0.3, -0.25) is 14.4 Å². The number of nitrogens with zero attached hydrogens (tertiary/aromatic N) is 1. The molecular weight excluding hydrogens is 470 g/mol. The van der Waals surface area contributed by atoms with Crippen LogP contribution < -0.4 is 25.0 Å². The van der Waals surface area contributed by atoms with Crippen molar-refractivity contribution in [3.63, 3.8) is 0 Å². The number of imide groups is 1. The van der Waals surface area contributed by atoms with E-state index in [0.29, 0.717) is 22.7 Å². The van der Waals surface area contributed by atoms with Crippen molar-refractivity contribution in [3.8, 4) is 11.5 Å². The molecule has 0 saturated heterocycles. The summed E-state index contributed by atoms with van der Waals surface area (Å²) in [6.45, 7) is 1.90. The number of carbonyl (C=O) groups is 3. The number of ether oxygens (including phenoxy) is 2. The van der Waals surface area contributed by atoms with Crippen molar-refractivity contribution >= 4 is 46.4 Å². The molecule has 0 radical (unpaired) electrons. The number of hydrogen-bond donors (Lipinski definition) is 2. The van der Waals surface area contributed by atoms with Crippen molar-refractivity contribution in [2.75, 3.05) is 29.8 Å². The highest BCUT2D eigenvalue weighted by Crippen LogP contribution is 2.37. The number of aryl methyl sites for hydroxylation is 1. The molecule has 178 valence electrons. The Morgan fingerprint density at radius 2 is 1.69 bits per heavy atom. The number of anilines is 3. The zero-order valence-corrected chi connectivity index (χ0v) is 20.0. The topological polar surface area (TPSA) is 97.0 Å². The standard InChI is InChI=1S/C26H22ClN3O5/c1-15-7-4-5-10-19(15)29-24(31)16-8-6-9-17(13-16)28-23-22(27)25(32)30(26(23)33)20-12-11-18(34-2)14-21(20)35-3/h4-14,28H,1-3H3,(H,29,31). The van der Waals surface area contributed by atoms with Crippen molar-refractivity contribution in [2.45, 2.75) is 6.92 Å². The van der Waals surface area contributed by atoms with Gasteiger partial charge in [-0.05, 0) is 48.9 Å². The fourth-order valence-electron chi connectivity index (χ4n) is 3.59. The van der Waals surface area contributed by atoms with Gasteiger partial charge in [-0.25, -0.2) is 4.90 Å². The van der Waals surface area contributed by atoms with Gasteiger partial charge < -0.3 is 20.1 Å². The molecule has 0 aliphatic carbocycles. The van der Waals surface area contributed by atoms with Gasteiger partial charge in [-0.15, -0.1) is 0 Å². The molecule has 0 aromatic heterocycles. The van der Waals surface area contributed by atoms with Crippen molar-refractivity contribution in [2.24, 2.45) is 0 Å². The van der Waals surface area contributed by atoms with Crippen LogP contribution in [-0.4, -0.2) is 31.9 Å². The number of rotatable bonds is 7. The van der Waals surface area contributed by atoms with Crippen LogP contribution in [0.1, 0.15) is 15.9 Å². The molecule has 0 saturated carbocycles. The molecule has 8 nitrogen and oxygen atoms in total. The van der Waals surface area contributed by atoms with Crippen LogP contribution in [-0.2, 0) is 9.59 Å². The summed E-state index contributed by atoms with van der Waals surface area (Å²) in [7, 11) is 2.92.